The molecule has 0 aliphatic heterocycles. The fraction of sp³-hybridized carbons (Fsp3) is 0.333. The maximum Gasteiger partial charge on any atom is 0.0769 e. The molecule has 0 radical (unpaired) electrons. The van der Waals surface area contributed by atoms with Crippen molar-refractivity contribution in [2.45, 2.75) is 19.4 Å². The zero-order valence-corrected chi connectivity index (χ0v) is 7.53. The Balaban J connectivity index is 2.74. The average Bonchev–Trinajstić information content (AvgIpc) is 2.32. The second kappa shape index (κ2) is 3.08. The minimum atomic E-state index is -0.385. The van der Waals surface area contributed by atoms with E-state index in [0.717, 1.165) is 4.88 Å². The van der Waals surface area contributed by atoms with Crippen molar-refractivity contribution in [2.75, 3.05) is 0 Å². The van der Waals surface area contributed by atoms with Gasteiger partial charge in [0.25, 0.3) is 0 Å². The Labute approximate surface area is 71.2 Å². The molecule has 2 heteroatoms. The normalized spacial score (nSPS) is 10.5. The van der Waals surface area contributed by atoms with Crippen LogP contribution >= 0.6 is 11.3 Å². The molecule has 1 aromatic rings. The van der Waals surface area contributed by atoms with E-state index in [2.05, 4.69) is 11.8 Å². The molecule has 58 valence electrons. The van der Waals surface area contributed by atoms with E-state index in [1.165, 1.54) is 0 Å². The molecule has 0 spiro atoms. The highest BCUT2D eigenvalue weighted by Crippen LogP contribution is 2.06. The molecule has 1 aromatic heterocycles. The van der Waals surface area contributed by atoms with Crippen LogP contribution in [0.4, 0.5) is 0 Å². The largest absolute Gasteiger partial charge is 0.316 e. The van der Waals surface area contributed by atoms with Gasteiger partial charge in [0.05, 0.1) is 10.4 Å². The van der Waals surface area contributed by atoms with Crippen LogP contribution < -0.4 is 5.73 Å². The van der Waals surface area contributed by atoms with Gasteiger partial charge in [-0.05, 0) is 25.3 Å². The highest BCUT2D eigenvalue weighted by atomic mass is 32.1. The molecule has 0 saturated heterocycles. The van der Waals surface area contributed by atoms with Gasteiger partial charge in [-0.2, -0.15) is 0 Å². The van der Waals surface area contributed by atoms with Gasteiger partial charge in [-0.3, -0.25) is 0 Å². The van der Waals surface area contributed by atoms with Crippen molar-refractivity contribution >= 4 is 11.3 Å². The van der Waals surface area contributed by atoms with E-state index < -0.39 is 0 Å². The summed E-state index contributed by atoms with van der Waals surface area (Å²) in [6.07, 6.45) is 0. The lowest BCUT2D eigenvalue weighted by molar-refractivity contribution is 0.681. The Morgan fingerprint density at radius 3 is 2.73 bits per heavy atom. The van der Waals surface area contributed by atoms with E-state index >= 15 is 0 Å². The van der Waals surface area contributed by atoms with Gasteiger partial charge < -0.3 is 5.73 Å². The first-order valence-corrected chi connectivity index (χ1v) is 4.31. The van der Waals surface area contributed by atoms with Gasteiger partial charge in [-0.1, -0.05) is 17.9 Å². The van der Waals surface area contributed by atoms with E-state index in [-0.39, 0.29) is 5.54 Å². The smallest absolute Gasteiger partial charge is 0.0769 e. The molecule has 0 aliphatic rings. The molecule has 0 saturated carbocycles. The number of hydrogen-bond donors (Lipinski definition) is 1. The Hall–Kier alpha value is -0.780. The summed E-state index contributed by atoms with van der Waals surface area (Å²) in [5, 5.41) is 2.01. The number of nitrogens with two attached hydrogens (primary N) is 1. The second-order valence-corrected chi connectivity index (χ2v) is 3.90. The van der Waals surface area contributed by atoms with E-state index in [4.69, 9.17) is 5.73 Å². The van der Waals surface area contributed by atoms with Crippen LogP contribution in [-0.2, 0) is 0 Å². The highest BCUT2D eigenvalue weighted by molar-refractivity contribution is 7.10. The first kappa shape index (κ1) is 8.32. The summed E-state index contributed by atoms with van der Waals surface area (Å²) >= 11 is 1.63. The molecule has 11 heavy (non-hydrogen) atoms. The van der Waals surface area contributed by atoms with Crippen molar-refractivity contribution < 1.29 is 0 Å². The maximum atomic E-state index is 5.68. The third-order valence-electron chi connectivity index (χ3n) is 1.03. The lowest BCUT2D eigenvalue weighted by Gasteiger charge is -2.06. The van der Waals surface area contributed by atoms with E-state index in [0.29, 0.717) is 0 Å². The summed E-state index contributed by atoms with van der Waals surface area (Å²) in [7, 11) is 0. The first-order chi connectivity index (χ1) is 5.08. The van der Waals surface area contributed by atoms with Gasteiger partial charge in [-0.25, -0.2) is 0 Å². The van der Waals surface area contributed by atoms with Crippen molar-refractivity contribution in [3.8, 4) is 11.8 Å². The summed E-state index contributed by atoms with van der Waals surface area (Å²) < 4.78 is 0. The summed E-state index contributed by atoms with van der Waals surface area (Å²) in [4.78, 5) is 1.07. The summed E-state index contributed by atoms with van der Waals surface area (Å²) in [6.45, 7) is 3.79. The fourth-order valence-electron chi connectivity index (χ4n) is 0.572. The predicted octanol–water partition coefficient (Wildman–Crippen LogP) is 1.84. The zero-order chi connectivity index (χ0) is 8.32. The fourth-order valence-corrected chi connectivity index (χ4v) is 1.14. The topological polar surface area (TPSA) is 26.0 Å². The number of thiophene rings is 1. The molecule has 0 amide bonds. The third-order valence-corrected chi connectivity index (χ3v) is 1.81. The van der Waals surface area contributed by atoms with Crippen LogP contribution in [0.1, 0.15) is 18.7 Å². The minimum Gasteiger partial charge on any atom is -0.316 e. The van der Waals surface area contributed by atoms with Crippen LogP contribution in [0.3, 0.4) is 0 Å². The van der Waals surface area contributed by atoms with Crippen molar-refractivity contribution in [3.63, 3.8) is 0 Å². The molecular weight excluding hydrogens is 154 g/mol. The third kappa shape index (κ3) is 3.22. The Bertz CT molecular complexity index is 269. The molecule has 0 aromatic carbocycles. The second-order valence-electron chi connectivity index (χ2n) is 2.95. The van der Waals surface area contributed by atoms with Crippen LogP contribution in [0.15, 0.2) is 17.5 Å². The lowest BCUT2D eigenvalue weighted by Crippen LogP contribution is -2.29. The average molecular weight is 165 g/mol. The molecule has 0 aliphatic carbocycles. The molecule has 0 unspecified atom stereocenters. The van der Waals surface area contributed by atoms with Crippen LogP contribution in [0.5, 0.6) is 0 Å². The van der Waals surface area contributed by atoms with Crippen LogP contribution in [0, 0.1) is 11.8 Å². The molecule has 0 atom stereocenters. The zero-order valence-electron chi connectivity index (χ0n) is 6.72. The lowest BCUT2D eigenvalue weighted by atomic mass is 10.1. The molecule has 0 fully saturated rings. The van der Waals surface area contributed by atoms with Crippen LogP contribution in [0.25, 0.3) is 0 Å². The van der Waals surface area contributed by atoms with E-state index in [1.54, 1.807) is 11.3 Å². The van der Waals surface area contributed by atoms with E-state index in [9.17, 15) is 0 Å². The Morgan fingerprint density at radius 2 is 2.27 bits per heavy atom. The van der Waals surface area contributed by atoms with Gasteiger partial charge in [0, 0.05) is 0 Å². The molecular formula is C9H11NS. The summed E-state index contributed by atoms with van der Waals surface area (Å²) in [6, 6.07) is 3.97. The van der Waals surface area contributed by atoms with Gasteiger partial charge >= 0.3 is 0 Å². The van der Waals surface area contributed by atoms with Crippen molar-refractivity contribution in [3.05, 3.63) is 22.4 Å². The predicted molar refractivity (Wildman–Crippen MR) is 49.5 cm³/mol. The molecule has 1 rings (SSSR count). The number of hydrogen-bond acceptors (Lipinski definition) is 2. The Morgan fingerprint density at radius 1 is 1.55 bits per heavy atom. The van der Waals surface area contributed by atoms with Gasteiger partial charge in [0.15, 0.2) is 0 Å². The summed E-state index contributed by atoms with van der Waals surface area (Å²) in [5.74, 6) is 5.97. The maximum absolute atomic E-state index is 5.68. The van der Waals surface area contributed by atoms with Gasteiger partial charge in [0.1, 0.15) is 0 Å². The van der Waals surface area contributed by atoms with E-state index in [1.807, 2.05) is 31.4 Å². The SMILES string of the molecule is CC(C)(N)C#Cc1cccs1. The molecule has 1 heterocycles. The first-order valence-electron chi connectivity index (χ1n) is 3.43. The highest BCUT2D eigenvalue weighted by Gasteiger charge is 2.03. The quantitative estimate of drug-likeness (QED) is 0.583. The standard InChI is InChI=1S/C9H11NS/c1-9(2,10)6-5-8-4-3-7-11-8/h3-4,7H,10H2,1-2H3. The van der Waals surface area contributed by atoms with Crippen LogP contribution in [-0.4, -0.2) is 5.54 Å². The van der Waals surface area contributed by atoms with Gasteiger partial charge in [-0.15, -0.1) is 11.3 Å². The number of rotatable bonds is 0. The Kier molecular flexibility index (Phi) is 2.33. The summed E-state index contributed by atoms with van der Waals surface area (Å²) in [5.41, 5.74) is 5.30. The molecule has 0 bridgehead atoms. The van der Waals surface area contributed by atoms with Gasteiger partial charge in [0.2, 0.25) is 0 Å². The van der Waals surface area contributed by atoms with Crippen LogP contribution in [0.2, 0.25) is 0 Å². The molecule has 2 N–H and O–H groups in total. The van der Waals surface area contributed by atoms with Crippen molar-refractivity contribution in [2.24, 2.45) is 5.73 Å². The van der Waals surface area contributed by atoms with Crippen molar-refractivity contribution in [1.82, 2.24) is 0 Å². The molecule has 1 nitrogen and oxygen atoms in total. The minimum absolute atomic E-state index is 0.385. The van der Waals surface area contributed by atoms with Crippen molar-refractivity contribution in [1.29, 1.82) is 0 Å². The monoisotopic (exact) mass is 165 g/mol.